The quantitative estimate of drug-likeness (QED) is 0.525. The number of aromatic nitrogens is 1. The van der Waals surface area contributed by atoms with E-state index in [4.69, 9.17) is 9.47 Å². The van der Waals surface area contributed by atoms with Gasteiger partial charge in [-0.15, -0.1) is 0 Å². The number of rotatable bonds is 5. The maximum absolute atomic E-state index is 12.9. The van der Waals surface area contributed by atoms with Gasteiger partial charge in [0, 0.05) is 16.9 Å². The highest BCUT2D eigenvalue weighted by atomic mass is 79.9. The van der Waals surface area contributed by atoms with Gasteiger partial charge in [-0.25, -0.2) is 9.59 Å². The first-order chi connectivity index (χ1) is 14.5. The minimum absolute atomic E-state index is 0.153. The zero-order chi connectivity index (χ0) is 22.9. The van der Waals surface area contributed by atoms with Gasteiger partial charge in [-0.05, 0) is 69.7 Å². The number of carbonyl (C=O) groups excluding carboxylic acids is 2. The molecule has 31 heavy (non-hydrogen) atoms. The summed E-state index contributed by atoms with van der Waals surface area (Å²) in [5.74, 6) is 0.0765. The zero-order valence-corrected chi connectivity index (χ0v) is 20.7. The molecule has 1 atom stereocenters. The Bertz CT molecular complexity index is 1050. The van der Waals surface area contributed by atoms with Crippen LogP contribution in [0.1, 0.15) is 69.1 Å². The first-order valence-electron chi connectivity index (χ1n) is 10.7. The molecular weight excluding hydrogens is 460 g/mol. The number of nitrogens with one attached hydrogen (secondary N) is 1. The van der Waals surface area contributed by atoms with Gasteiger partial charge < -0.3 is 19.4 Å². The number of fused-ring (bicyclic) bond motifs is 1. The number of alkyl carbamates (subject to hydrolysis) is 1. The van der Waals surface area contributed by atoms with Gasteiger partial charge in [0.15, 0.2) is 0 Å². The number of ether oxygens (including phenoxy) is 2. The second kappa shape index (κ2) is 9.07. The molecule has 0 fully saturated rings. The van der Waals surface area contributed by atoms with Gasteiger partial charge >= 0.3 is 12.1 Å². The number of aryl methyl sites for hydroxylation is 1. The van der Waals surface area contributed by atoms with Crippen molar-refractivity contribution in [3.8, 4) is 0 Å². The van der Waals surface area contributed by atoms with Crippen LogP contribution in [-0.2, 0) is 23.1 Å². The third-order valence-electron chi connectivity index (χ3n) is 5.49. The van der Waals surface area contributed by atoms with E-state index in [2.05, 4.69) is 40.3 Å². The summed E-state index contributed by atoms with van der Waals surface area (Å²) in [6.45, 7) is 9.87. The molecule has 0 unspecified atom stereocenters. The van der Waals surface area contributed by atoms with E-state index in [1.54, 1.807) is 6.92 Å². The molecule has 1 aromatic carbocycles. The maximum Gasteiger partial charge on any atom is 0.407 e. The number of esters is 1. The number of amides is 1. The van der Waals surface area contributed by atoms with E-state index in [0.29, 0.717) is 17.2 Å². The van der Waals surface area contributed by atoms with E-state index in [1.807, 2.05) is 38.5 Å². The molecule has 1 amide bonds. The Morgan fingerprint density at radius 2 is 2.00 bits per heavy atom. The van der Waals surface area contributed by atoms with Gasteiger partial charge in [0.1, 0.15) is 5.60 Å². The van der Waals surface area contributed by atoms with Crippen molar-refractivity contribution in [3.05, 3.63) is 39.5 Å². The van der Waals surface area contributed by atoms with Crippen LogP contribution in [-0.4, -0.2) is 28.8 Å². The van der Waals surface area contributed by atoms with Crippen molar-refractivity contribution in [2.75, 3.05) is 6.61 Å². The van der Waals surface area contributed by atoms with Crippen molar-refractivity contribution < 1.29 is 19.1 Å². The van der Waals surface area contributed by atoms with E-state index in [0.717, 1.165) is 33.8 Å². The average molecular weight is 491 g/mol. The Labute approximate surface area is 192 Å². The van der Waals surface area contributed by atoms with Crippen LogP contribution in [0.25, 0.3) is 16.5 Å². The fourth-order valence-electron chi connectivity index (χ4n) is 4.06. The zero-order valence-electron chi connectivity index (χ0n) is 19.1. The summed E-state index contributed by atoms with van der Waals surface area (Å²) < 4.78 is 13.6. The molecule has 1 aliphatic rings. The fraction of sp³-hybridized carbons (Fsp3) is 0.500. The molecule has 0 radical (unpaired) electrons. The van der Waals surface area contributed by atoms with Gasteiger partial charge in [0.05, 0.1) is 29.9 Å². The SMILES string of the molecule is CCOC(=O)c1c(CNC(=O)OC(C)(C)C)n(C)c2cc(Br)c(C3=CCC[C@@H]3C)cc12. The topological polar surface area (TPSA) is 69.6 Å². The second-order valence-corrected chi connectivity index (χ2v) is 9.80. The fourth-order valence-corrected chi connectivity index (χ4v) is 4.62. The summed E-state index contributed by atoms with van der Waals surface area (Å²) in [5, 5.41) is 3.59. The minimum atomic E-state index is -0.599. The van der Waals surface area contributed by atoms with E-state index in [1.165, 1.54) is 5.57 Å². The monoisotopic (exact) mass is 490 g/mol. The Kier molecular flexibility index (Phi) is 6.84. The van der Waals surface area contributed by atoms with Crippen LogP contribution in [0.3, 0.4) is 0 Å². The van der Waals surface area contributed by atoms with Crippen molar-refractivity contribution in [3.63, 3.8) is 0 Å². The third-order valence-corrected chi connectivity index (χ3v) is 6.15. The smallest absolute Gasteiger partial charge is 0.407 e. The molecule has 2 aromatic rings. The lowest BCUT2D eigenvalue weighted by Crippen LogP contribution is -2.33. The largest absolute Gasteiger partial charge is 0.462 e. The molecule has 0 bridgehead atoms. The highest BCUT2D eigenvalue weighted by Gasteiger charge is 2.26. The predicted octanol–water partition coefficient (Wildman–Crippen LogP) is 5.96. The van der Waals surface area contributed by atoms with E-state index < -0.39 is 17.7 Å². The molecule has 1 aliphatic carbocycles. The van der Waals surface area contributed by atoms with Gasteiger partial charge in [-0.3, -0.25) is 0 Å². The summed E-state index contributed by atoms with van der Waals surface area (Å²) in [4.78, 5) is 25.2. The van der Waals surface area contributed by atoms with E-state index >= 15 is 0 Å². The Balaban J connectivity index is 2.08. The lowest BCUT2D eigenvalue weighted by molar-refractivity contribution is 0.0502. The van der Waals surface area contributed by atoms with Crippen LogP contribution >= 0.6 is 15.9 Å². The molecule has 168 valence electrons. The Morgan fingerprint density at radius 1 is 1.29 bits per heavy atom. The Hall–Kier alpha value is -2.28. The first kappa shape index (κ1) is 23.4. The van der Waals surface area contributed by atoms with Crippen molar-refractivity contribution in [2.45, 2.75) is 59.6 Å². The molecule has 0 saturated carbocycles. The van der Waals surface area contributed by atoms with Crippen LogP contribution in [0.2, 0.25) is 0 Å². The summed E-state index contributed by atoms with van der Waals surface area (Å²) in [5.41, 5.74) is 3.85. The summed E-state index contributed by atoms with van der Waals surface area (Å²) in [7, 11) is 1.89. The van der Waals surface area contributed by atoms with Gasteiger partial charge in [-0.1, -0.05) is 28.9 Å². The molecule has 3 rings (SSSR count). The van der Waals surface area contributed by atoms with E-state index in [-0.39, 0.29) is 13.2 Å². The van der Waals surface area contributed by atoms with Crippen LogP contribution in [0.5, 0.6) is 0 Å². The molecule has 0 spiro atoms. The van der Waals surface area contributed by atoms with Crippen molar-refractivity contribution >= 4 is 44.5 Å². The lowest BCUT2D eigenvalue weighted by Gasteiger charge is -2.20. The lowest BCUT2D eigenvalue weighted by atomic mass is 9.95. The molecule has 0 saturated heterocycles. The number of hydrogen-bond donors (Lipinski definition) is 1. The predicted molar refractivity (Wildman–Crippen MR) is 126 cm³/mol. The summed E-state index contributed by atoms with van der Waals surface area (Å²) >= 11 is 3.73. The first-order valence-corrected chi connectivity index (χ1v) is 11.5. The van der Waals surface area contributed by atoms with Gasteiger partial charge in [0.2, 0.25) is 0 Å². The molecule has 7 heteroatoms. The molecule has 0 aliphatic heterocycles. The maximum atomic E-state index is 12.9. The van der Waals surface area contributed by atoms with Gasteiger partial charge in [0.25, 0.3) is 0 Å². The normalized spacial score (nSPS) is 16.4. The number of benzene rings is 1. The van der Waals surface area contributed by atoms with Crippen LogP contribution in [0, 0.1) is 5.92 Å². The number of hydrogen-bond acceptors (Lipinski definition) is 4. The third kappa shape index (κ3) is 4.97. The number of nitrogens with zero attached hydrogens (tertiary/aromatic N) is 1. The standard InChI is InChI=1S/C24H31BrN2O4/c1-7-30-22(28)21-17-11-16(15-10-8-9-14(15)2)18(25)12-19(17)27(6)20(21)13-26-23(29)31-24(3,4)5/h10-12,14H,7-9,13H2,1-6H3,(H,26,29)/t14-/m0/s1. The molecular formula is C24H31BrN2O4. The van der Waals surface area contributed by atoms with Crippen molar-refractivity contribution in [1.29, 1.82) is 0 Å². The summed E-state index contributed by atoms with van der Waals surface area (Å²) in [6, 6.07) is 4.10. The molecule has 1 aromatic heterocycles. The highest BCUT2D eigenvalue weighted by Crippen LogP contribution is 2.40. The van der Waals surface area contributed by atoms with Crippen LogP contribution in [0.15, 0.2) is 22.7 Å². The highest BCUT2D eigenvalue weighted by molar-refractivity contribution is 9.10. The van der Waals surface area contributed by atoms with Crippen molar-refractivity contribution in [1.82, 2.24) is 9.88 Å². The molecule has 6 nitrogen and oxygen atoms in total. The average Bonchev–Trinajstić information content (AvgIpc) is 3.19. The number of carbonyl (C=O) groups is 2. The molecule has 1 N–H and O–H groups in total. The van der Waals surface area contributed by atoms with Gasteiger partial charge in [-0.2, -0.15) is 0 Å². The number of allylic oxidation sites excluding steroid dienone is 2. The van der Waals surface area contributed by atoms with Crippen LogP contribution < -0.4 is 5.32 Å². The Morgan fingerprint density at radius 3 is 2.58 bits per heavy atom. The van der Waals surface area contributed by atoms with Crippen molar-refractivity contribution in [2.24, 2.45) is 13.0 Å². The van der Waals surface area contributed by atoms with E-state index in [9.17, 15) is 9.59 Å². The second-order valence-electron chi connectivity index (χ2n) is 8.94. The number of halogens is 1. The minimum Gasteiger partial charge on any atom is -0.462 e. The van der Waals surface area contributed by atoms with Crippen LogP contribution in [0.4, 0.5) is 4.79 Å². The molecule has 1 heterocycles. The summed E-state index contributed by atoms with van der Waals surface area (Å²) in [6.07, 6.45) is 3.93.